The van der Waals surface area contributed by atoms with Crippen LogP contribution in [0.3, 0.4) is 0 Å². The van der Waals surface area contributed by atoms with E-state index in [4.69, 9.17) is 0 Å². The van der Waals surface area contributed by atoms with E-state index in [1.54, 1.807) is 0 Å². The van der Waals surface area contributed by atoms with Crippen molar-refractivity contribution in [3.63, 3.8) is 0 Å². The summed E-state index contributed by atoms with van der Waals surface area (Å²) in [5.41, 5.74) is 0.437. The van der Waals surface area contributed by atoms with Gasteiger partial charge < -0.3 is 10.4 Å². The fourth-order valence-electron chi connectivity index (χ4n) is 0.973. The van der Waals surface area contributed by atoms with E-state index in [2.05, 4.69) is 5.32 Å². The summed E-state index contributed by atoms with van der Waals surface area (Å²) in [5, 5.41) is 12.9. The lowest BCUT2D eigenvalue weighted by atomic mass is 10.0. The van der Waals surface area contributed by atoms with E-state index in [1.807, 2.05) is 44.2 Å². The predicted molar refractivity (Wildman–Crippen MR) is 55.8 cm³/mol. The average Bonchev–Trinajstić information content (AvgIpc) is 2.17. The molecule has 0 aliphatic carbocycles. The number of hydrogen-bond donors (Lipinski definition) is 2. The summed E-state index contributed by atoms with van der Waals surface area (Å²) >= 11 is 0. The molecule has 1 rings (SSSR count). The quantitative estimate of drug-likeness (QED) is 0.743. The highest BCUT2D eigenvalue weighted by Crippen LogP contribution is 2.11. The third-order valence-corrected chi connectivity index (χ3v) is 2.21. The van der Waals surface area contributed by atoms with E-state index in [9.17, 15) is 5.11 Å². The van der Waals surface area contributed by atoms with Crippen LogP contribution in [0, 0.1) is 0 Å². The Labute approximate surface area is 79.6 Å². The molecule has 0 aliphatic heterocycles. The molecule has 1 aromatic carbocycles. The van der Waals surface area contributed by atoms with Gasteiger partial charge in [0.25, 0.3) is 0 Å². The van der Waals surface area contributed by atoms with Crippen molar-refractivity contribution in [3.05, 3.63) is 30.3 Å². The lowest BCUT2D eigenvalue weighted by molar-refractivity contribution is 0.0697. The smallest absolute Gasteiger partial charge is 0.0788 e. The van der Waals surface area contributed by atoms with Gasteiger partial charge in [-0.15, -0.1) is 0 Å². The molecule has 0 fully saturated rings. The molecule has 2 nitrogen and oxygen atoms in total. The summed E-state index contributed by atoms with van der Waals surface area (Å²) in [4.78, 5) is 0. The minimum absolute atomic E-state index is 0.591. The number of nitrogens with one attached hydrogen (secondary N) is 1. The monoisotopic (exact) mass is 179 g/mol. The van der Waals surface area contributed by atoms with Crippen LogP contribution in [0.1, 0.15) is 20.3 Å². The molecule has 0 saturated carbocycles. The van der Waals surface area contributed by atoms with Gasteiger partial charge in [-0.3, -0.25) is 0 Å². The summed E-state index contributed by atoms with van der Waals surface area (Å²) in [6.07, 6.45) is 0.757. The van der Waals surface area contributed by atoms with Crippen LogP contribution in [0.5, 0.6) is 0 Å². The van der Waals surface area contributed by atoms with Crippen molar-refractivity contribution < 1.29 is 5.11 Å². The maximum atomic E-state index is 9.72. The standard InChI is InChI=1S/C11H17NO/c1-3-11(2,13)9-12-10-7-5-4-6-8-10/h4-8,12-13H,3,9H2,1-2H3. The number of para-hydroxylation sites is 1. The highest BCUT2D eigenvalue weighted by Gasteiger charge is 2.16. The van der Waals surface area contributed by atoms with E-state index >= 15 is 0 Å². The molecule has 0 aromatic heterocycles. The molecule has 13 heavy (non-hydrogen) atoms. The molecular formula is C11H17NO. The Kier molecular flexibility index (Phi) is 3.32. The first-order valence-electron chi connectivity index (χ1n) is 4.65. The summed E-state index contributed by atoms with van der Waals surface area (Å²) in [5.74, 6) is 0. The van der Waals surface area contributed by atoms with Gasteiger partial charge in [-0.2, -0.15) is 0 Å². The molecule has 2 N–H and O–H groups in total. The van der Waals surface area contributed by atoms with Gasteiger partial charge in [0.1, 0.15) is 0 Å². The van der Waals surface area contributed by atoms with Gasteiger partial charge in [0.2, 0.25) is 0 Å². The molecule has 1 unspecified atom stereocenters. The van der Waals surface area contributed by atoms with E-state index in [-0.39, 0.29) is 0 Å². The lowest BCUT2D eigenvalue weighted by Gasteiger charge is -2.22. The van der Waals surface area contributed by atoms with Crippen molar-refractivity contribution in [2.24, 2.45) is 0 Å². The molecule has 0 heterocycles. The lowest BCUT2D eigenvalue weighted by Crippen LogP contribution is -2.32. The fraction of sp³-hybridized carbons (Fsp3) is 0.455. The van der Waals surface area contributed by atoms with Crippen LogP contribution < -0.4 is 5.32 Å². The van der Waals surface area contributed by atoms with Crippen LogP contribution in [-0.2, 0) is 0 Å². The van der Waals surface area contributed by atoms with Crippen molar-refractivity contribution in [3.8, 4) is 0 Å². The molecular weight excluding hydrogens is 162 g/mol. The number of aliphatic hydroxyl groups is 1. The summed E-state index contributed by atoms with van der Waals surface area (Å²) in [6, 6.07) is 9.91. The predicted octanol–water partition coefficient (Wildman–Crippen LogP) is 2.26. The zero-order valence-corrected chi connectivity index (χ0v) is 8.25. The van der Waals surface area contributed by atoms with Crippen LogP contribution in [0.15, 0.2) is 30.3 Å². The second-order valence-corrected chi connectivity index (χ2v) is 3.57. The first-order chi connectivity index (χ1) is 6.14. The molecule has 0 spiro atoms. The molecule has 1 atom stereocenters. The Balaban J connectivity index is 2.44. The van der Waals surface area contributed by atoms with Crippen molar-refractivity contribution in [2.45, 2.75) is 25.9 Å². The highest BCUT2D eigenvalue weighted by molar-refractivity contribution is 5.42. The normalized spacial score (nSPS) is 15.0. The van der Waals surface area contributed by atoms with Crippen LogP contribution in [0.2, 0.25) is 0 Å². The van der Waals surface area contributed by atoms with Gasteiger partial charge in [-0.1, -0.05) is 25.1 Å². The van der Waals surface area contributed by atoms with E-state index < -0.39 is 5.60 Å². The van der Waals surface area contributed by atoms with Gasteiger partial charge >= 0.3 is 0 Å². The van der Waals surface area contributed by atoms with Crippen molar-refractivity contribution in [1.29, 1.82) is 0 Å². The third kappa shape index (κ3) is 3.47. The second kappa shape index (κ2) is 4.28. The summed E-state index contributed by atoms with van der Waals surface area (Å²) in [7, 11) is 0. The van der Waals surface area contributed by atoms with Crippen LogP contribution in [-0.4, -0.2) is 17.3 Å². The number of anilines is 1. The van der Waals surface area contributed by atoms with Crippen molar-refractivity contribution in [1.82, 2.24) is 0 Å². The maximum absolute atomic E-state index is 9.72. The molecule has 2 heteroatoms. The van der Waals surface area contributed by atoms with Crippen LogP contribution >= 0.6 is 0 Å². The van der Waals surface area contributed by atoms with Gasteiger partial charge in [0, 0.05) is 12.2 Å². The maximum Gasteiger partial charge on any atom is 0.0788 e. The Hall–Kier alpha value is -1.02. The minimum Gasteiger partial charge on any atom is -0.388 e. The van der Waals surface area contributed by atoms with Crippen LogP contribution in [0.4, 0.5) is 5.69 Å². The third-order valence-electron chi connectivity index (χ3n) is 2.21. The SMILES string of the molecule is CCC(C)(O)CNc1ccccc1. The number of benzene rings is 1. The summed E-state index contributed by atoms with van der Waals surface area (Å²) in [6.45, 7) is 4.41. The van der Waals surface area contributed by atoms with E-state index in [0.29, 0.717) is 6.54 Å². The summed E-state index contributed by atoms with van der Waals surface area (Å²) < 4.78 is 0. The molecule has 0 bridgehead atoms. The van der Waals surface area contributed by atoms with Gasteiger partial charge in [-0.25, -0.2) is 0 Å². The molecule has 0 radical (unpaired) electrons. The topological polar surface area (TPSA) is 32.3 Å². The van der Waals surface area contributed by atoms with Crippen molar-refractivity contribution >= 4 is 5.69 Å². The van der Waals surface area contributed by atoms with E-state index in [1.165, 1.54) is 0 Å². The van der Waals surface area contributed by atoms with Gasteiger partial charge in [0.05, 0.1) is 5.60 Å². The van der Waals surface area contributed by atoms with Gasteiger partial charge in [0.15, 0.2) is 0 Å². The second-order valence-electron chi connectivity index (χ2n) is 3.57. The molecule has 0 aliphatic rings. The Morgan fingerprint density at radius 3 is 2.46 bits per heavy atom. The highest BCUT2D eigenvalue weighted by atomic mass is 16.3. The Morgan fingerprint density at radius 2 is 1.92 bits per heavy atom. The largest absolute Gasteiger partial charge is 0.388 e. The Morgan fingerprint density at radius 1 is 1.31 bits per heavy atom. The molecule has 72 valence electrons. The first kappa shape index (κ1) is 10.1. The van der Waals surface area contributed by atoms with Crippen molar-refractivity contribution in [2.75, 3.05) is 11.9 Å². The molecule has 1 aromatic rings. The first-order valence-corrected chi connectivity index (χ1v) is 4.65. The van der Waals surface area contributed by atoms with Gasteiger partial charge in [-0.05, 0) is 25.5 Å². The fourth-order valence-corrected chi connectivity index (χ4v) is 0.973. The number of rotatable bonds is 4. The zero-order chi connectivity index (χ0) is 9.73. The average molecular weight is 179 g/mol. The molecule has 0 saturated heterocycles. The molecule has 0 amide bonds. The zero-order valence-electron chi connectivity index (χ0n) is 8.25. The van der Waals surface area contributed by atoms with Crippen LogP contribution in [0.25, 0.3) is 0 Å². The van der Waals surface area contributed by atoms with E-state index in [0.717, 1.165) is 12.1 Å². The number of hydrogen-bond acceptors (Lipinski definition) is 2. The Bertz CT molecular complexity index is 244. The minimum atomic E-state index is -0.615.